The van der Waals surface area contributed by atoms with Crippen molar-refractivity contribution in [2.45, 2.75) is 6.42 Å². The van der Waals surface area contributed by atoms with Crippen molar-refractivity contribution in [3.05, 3.63) is 0 Å². The van der Waals surface area contributed by atoms with Crippen molar-refractivity contribution < 1.29 is 17.9 Å². The SMILES string of the molecule is COC(=O)CN(C)S(=O)(=O)CCCCl. The highest BCUT2D eigenvalue weighted by molar-refractivity contribution is 7.89. The highest BCUT2D eigenvalue weighted by atomic mass is 35.5. The molecule has 0 aromatic rings. The number of alkyl halides is 1. The quantitative estimate of drug-likeness (QED) is 0.489. The summed E-state index contributed by atoms with van der Waals surface area (Å²) in [5, 5.41) is 0. The largest absolute Gasteiger partial charge is 0.468 e. The number of ether oxygens (including phenoxy) is 1. The van der Waals surface area contributed by atoms with Crippen LogP contribution < -0.4 is 0 Å². The van der Waals surface area contributed by atoms with Gasteiger partial charge in [0.05, 0.1) is 12.9 Å². The third-order valence-corrected chi connectivity index (χ3v) is 3.74. The Morgan fingerprint density at radius 1 is 1.50 bits per heavy atom. The van der Waals surface area contributed by atoms with Crippen LogP contribution in [0.4, 0.5) is 0 Å². The summed E-state index contributed by atoms with van der Waals surface area (Å²) in [5.74, 6) is -0.350. The Labute approximate surface area is 89.0 Å². The van der Waals surface area contributed by atoms with Crippen LogP contribution in [-0.2, 0) is 19.6 Å². The first-order valence-electron chi connectivity index (χ1n) is 4.01. The number of esters is 1. The van der Waals surface area contributed by atoms with Crippen LogP contribution >= 0.6 is 11.6 Å². The number of hydrogen-bond acceptors (Lipinski definition) is 4. The molecule has 0 unspecified atom stereocenters. The number of methoxy groups -OCH3 is 1. The molecule has 0 spiro atoms. The van der Waals surface area contributed by atoms with E-state index < -0.39 is 16.0 Å². The second-order valence-corrected chi connectivity index (χ2v) is 5.26. The molecule has 0 saturated carbocycles. The van der Waals surface area contributed by atoms with E-state index in [0.29, 0.717) is 6.42 Å². The Bertz CT molecular complexity index is 277. The van der Waals surface area contributed by atoms with Crippen LogP contribution in [0.15, 0.2) is 0 Å². The lowest BCUT2D eigenvalue weighted by atomic mass is 10.6. The zero-order chi connectivity index (χ0) is 11.2. The number of rotatable bonds is 6. The first-order chi connectivity index (χ1) is 6.44. The van der Waals surface area contributed by atoms with Gasteiger partial charge in [-0.2, -0.15) is 4.31 Å². The predicted octanol–water partition coefficient (Wildman–Crippen LogP) is 0.0499. The Morgan fingerprint density at radius 2 is 2.07 bits per heavy atom. The Hall–Kier alpha value is -0.330. The molecule has 0 aliphatic heterocycles. The molecule has 14 heavy (non-hydrogen) atoms. The molecule has 0 aromatic carbocycles. The zero-order valence-electron chi connectivity index (χ0n) is 8.19. The lowest BCUT2D eigenvalue weighted by molar-refractivity contribution is -0.140. The highest BCUT2D eigenvalue weighted by Crippen LogP contribution is 2.01. The van der Waals surface area contributed by atoms with E-state index in [4.69, 9.17) is 11.6 Å². The van der Waals surface area contributed by atoms with Crippen molar-refractivity contribution in [3.8, 4) is 0 Å². The zero-order valence-corrected chi connectivity index (χ0v) is 9.77. The molecule has 0 fully saturated rings. The molecule has 0 bridgehead atoms. The van der Waals surface area contributed by atoms with Crippen LogP contribution in [0.1, 0.15) is 6.42 Å². The Morgan fingerprint density at radius 3 is 2.50 bits per heavy atom. The fraction of sp³-hybridized carbons (Fsp3) is 0.857. The van der Waals surface area contributed by atoms with Crippen LogP contribution in [-0.4, -0.2) is 51.0 Å². The molecule has 0 radical (unpaired) electrons. The normalized spacial score (nSPS) is 11.7. The topological polar surface area (TPSA) is 63.7 Å². The molecule has 0 aliphatic rings. The second-order valence-electron chi connectivity index (χ2n) is 2.69. The average Bonchev–Trinajstić information content (AvgIpc) is 2.14. The van der Waals surface area contributed by atoms with Gasteiger partial charge in [0.2, 0.25) is 10.0 Å². The summed E-state index contributed by atoms with van der Waals surface area (Å²) in [6.07, 6.45) is 0.370. The number of carbonyl (C=O) groups is 1. The molecular weight excluding hydrogens is 230 g/mol. The van der Waals surface area contributed by atoms with Gasteiger partial charge in [-0.1, -0.05) is 0 Å². The molecular formula is C7H14ClNO4S. The number of hydrogen-bond donors (Lipinski definition) is 0. The molecule has 0 N–H and O–H groups in total. The molecule has 0 saturated heterocycles. The van der Waals surface area contributed by atoms with E-state index in [1.165, 1.54) is 14.2 Å². The molecule has 0 heterocycles. The third kappa shape index (κ3) is 4.78. The van der Waals surface area contributed by atoms with E-state index in [9.17, 15) is 13.2 Å². The van der Waals surface area contributed by atoms with E-state index in [0.717, 1.165) is 4.31 Å². The van der Waals surface area contributed by atoms with Crippen LogP contribution in [0, 0.1) is 0 Å². The highest BCUT2D eigenvalue weighted by Gasteiger charge is 2.19. The number of sulfonamides is 1. The second kappa shape index (κ2) is 6.21. The maximum absolute atomic E-state index is 11.4. The van der Waals surface area contributed by atoms with Crippen LogP contribution in [0.3, 0.4) is 0 Å². The Balaban J connectivity index is 4.21. The van der Waals surface area contributed by atoms with E-state index in [1.807, 2.05) is 0 Å². The molecule has 0 atom stereocenters. The summed E-state index contributed by atoms with van der Waals surface area (Å²) in [5.41, 5.74) is 0. The van der Waals surface area contributed by atoms with Crippen molar-refractivity contribution in [1.82, 2.24) is 4.31 Å². The molecule has 84 valence electrons. The first-order valence-corrected chi connectivity index (χ1v) is 6.15. The summed E-state index contributed by atoms with van der Waals surface area (Å²) in [6, 6.07) is 0. The summed E-state index contributed by atoms with van der Waals surface area (Å²) in [7, 11) is -0.836. The van der Waals surface area contributed by atoms with E-state index >= 15 is 0 Å². The smallest absolute Gasteiger partial charge is 0.320 e. The number of halogens is 1. The van der Waals surface area contributed by atoms with Crippen molar-refractivity contribution in [2.24, 2.45) is 0 Å². The van der Waals surface area contributed by atoms with Crippen LogP contribution in [0.5, 0.6) is 0 Å². The van der Waals surface area contributed by atoms with Gasteiger partial charge in [0.25, 0.3) is 0 Å². The van der Waals surface area contributed by atoms with Gasteiger partial charge in [0.15, 0.2) is 0 Å². The number of nitrogens with zero attached hydrogens (tertiary/aromatic N) is 1. The minimum Gasteiger partial charge on any atom is -0.468 e. The van der Waals surface area contributed by atoms with Crippen molar-refractivity contribution >= 4 is 27.6 Å². The summed E-state index contributed by atoms with van der Waals surface area (Å²) in [6.45, 7) is -0.263. The maximum atomic E-state index is 11.4. The lowest BCUT2D eigenvalue weighted by Crippen LogP contribution is -2.34. The van der Waals surface area contributed by atoms with Gasteiger partial charge < -0.3 is 4.74 Å². The maximum Gasteiger partial charge on any atom is 0.320 e. The number of likely N-dealkylation sites (N-methyl/N-ethyl adjacent to an activating group) is 1. The van der Waals surface area contributed by atoms with Gasteiger partial charge in [-0.05, 0) is 6.42 Å². The summed E-state index contributed by atoms with van der Waals surface area (Å²) < 4.78 is 28.1. The molecule has 0 aliphatic carbocycles. The van der Waals surface area contributed by atoms with Gasteiger partial charge in [-0.25, -0.2) is 8.42 Å². The molecule has 5 nitrogen and oxygen atoms in total. The molecule has 7 heteroatoms. The van der Waals surface area contributed by atoms with Crippen molar-refractivity contribution in [2.75, 3.05) is 32.3 Å². The minimum atomic E-state index is -3.38. The minimum absolute atomic E-state index is 0.0516. The standard InChI is InChI=1S/C7H14ClNO4S/c1-9(6-7(10)13-2)14(11,12)5-3-4-8/h3-6H2,1-2H3. The average molecular weight is 244 g/mol. The van der Waals surface area contributed by atoms with Crippen LogP contribution in [0.25, 0.3) is 0 Å². The number of carbonyl (C=O) groups excluding carboxylic acids is 1. The molecule has 0 amide bonds. The molecule has 0 rings (SSSR count). The Kier molecular flexibility index (Phi) is 6.06. The monoisotopic (exact) mass is 243 g/mol. The molecule has 0 aromatic heterocycles. The van der Waals surface area contributed by atoms with Gasteiger partial charge in [0.1, 0.15) is 6.54 Å². The fourth-order valence-electron chi connectivity index (χ4n) is 0.737. The van der Waals surface area contributed by atoms with Crippen molar-refractivity contribution in [1.29, 1.82) is 0 Å². The van der Waals surface area contributed by atoms with Gasteiger partial charge >= 0.3 is 5.97 Å². The lowest BCUT2D eigenvalue weighted by Gasteiger charge is -2.14. The summed E-state index contributed by atoms with van der Waals surface area (Å²) in [4.78, 5) is 10.8. The van der Waals surface area contributed by atoms with Gasteiger partial charge in [-0.3, -0.25) is 4.79 Å². The first kappa shape index (κ1) is 13.7. The fourth-order valence-corrected chi connectivity index (χ4v) is 2.15. The van der Waals surface area contributed by atoms with E-state index in [2.05, 4.69) is 4.74 Å². The summed E-state index contributed by atoms with van der Waals surface area (Å²) >= 11 is 5.37. The van der Waals surface area contributed by atoms with Gasteiger partial charge in [-0.15, -0.1) is 11.6 Å². The van der Waals surface area contributed by atoms with Crippen molar-refractivity contribution in [3.63, 3.8) is 0 Å². The van der Waals surface area contributed by atoms with E-state index in [1.54, 1.807) is 0 Å². The van der Waals surface area contributed by atoms with Gasteiger partial charge in [0, 0.05) is 12.9 Å². The third-order valence-electron chi connectivity index (χ3n) is 1.59. The van der Waals surface area contributed by atoms with E-state index in [-0.39, 0.29) is 18.2 Å². The van der Waals surface area contributed by atoms with Crippen LogP contribution in [0.2, 0.25) is 0 Å². The predicted molar refractivity (Wildman–Crippen MR) is 53.8 cm³/mol.